The highest BCUT2D eigenvalue weighted by Crippen LogP contribution is 2.29. The number of benzene rings is 1. The Bertz CT molecular complexity index is 295. The Kier molecular flexibility index (Phi) is 4.55. The largest absolute Gasteiger partial charge is 0.309 e. The maximum absolute atomic E-state index is 2.34. The highest BCUT2D eigenvalue weighted by molar-refractivity contribution is 5.15. The molecule has 1 unspecified atom stereocenters. The lowest BCUT2D eigenvalue weighted by Crippen LogP contribution is -2.32. The molecule has 0 heterocycles. The first kappa shape index (κ1) is 13.2. The zero-order valence-corrected chi connectivity index (χ0v) is 11.3. The minimum Gasteiger partial charge on any atom is -0.309 e. The normalized spacial score (nSPS) is 14.1. The van der Waals surface area contributed by atoms with E-state index in [0.717, 1.165) is 6.54 Å². The van der Waals surface area contributed by atoms with Crippen molar-refractivity contribution in [1.82, 2.24) is 4.90 Å². The first-order valence-corrected chi connectivity index (χ1v) is 6.08. The Labute approximate surface area is 100 Å². The minimum absolute atomic E-state index is 0.361. The maximum atomic E-state index is 2.34. The van der Waals surface area contributed by atoms with Crippen LogP contribution in [-0.4, -0.2) is 25.5 Å². The highest BCUT2D eigenvalue weighted by Gasteiger charge is 2.25. The number of rotatable bonds is 4. The molecule has 0 spiro atoms. The summed E-state index contributed by atoms with van der Waals surface area (Å²) in [5.41, 5.74) is 1.81. The van der Waals surface area contributed by atoms with E-state index >= 15 is 0 Å². The fourth-order valence-corrected chi connectivity index (χ4v) is 1.98. The standard InChI is InChI=1S/C15H25N/c1-15(2,3)14(12-16(4)5)11-13-9-7-6-8-10-13/h6-10,14H,11-12H2,1-5H3. The van der Waals surface area contributed by atoms with Crippen molar-refractivity contribution in [3.8, 4) is 0 Å². The van der Waals surface area contributed by atoms with Crippen molar-refractivity contribution in [2.24, 2.45) is 11.3 Å². The Hall–Kier alpha value is -0.820. The van der Waals surface area contributed by atoms with Gasteiger partial charge >= 0.3 is 0 Å². The summed E-state index contributed by atoms with van der Waals surface area (Å²) in [4.78, 5) is 2.29. The van der Waals surface area contributed by atoms with E-state index in [1.54, 1.807) is 0 Å². The van der Waals surface area contributed by atoms with Crippen LogP contribution in [-0.2, 0) is 6.42 Å². The second kappa shape index (κ2) is 5.49. The number of nitrogens with zero attached hydrogens (tertiary/aromatic N) is 1. The Morgan fingerprint density at radius 2 is 1.62 bits per heavy atom. The minimum atomic E-state index is 0.361. The predicted octanol–water partition coefficient (Wildman–Crippen LogP) is 3.45. The van der Waals surface area contributed by atoms with Crippen LogP contribution in [0.2, 0.25) is 0 Å². The summed E-state index contributed by atoms with van der Waals surface area (Å²) < 4.78 is 0. The lowest BCUT2D eigenvalue weighted by molar-refractivity contribution is 0.183. The smallest absolute Gasteiger partial charge is 0.00117 e. The van der Waals surface area contributed by atoms with E-state index in [1.807, 2.05) is 0 Å². The Morgan fingerprint density at radius 3 is 2.06 bits per heavy atom. The molecule has 0 saturated carbocycles. The van der Waals surface area contributed by atoms with Gasteiger partial charge in [0.15, 0.2) is 0 Å². The molecule has 0 fully saturated rings. The van der Waals surface area contributed by atoms with Gasteiger partial charge in [-0.05, 0) is 37.4 Å². The van der Waals surface area contributed by atoms with Gasteiger partial charge in [0.05, 0.1) is 0 Å². The Balaban J connectivity index is 2.72. The van der Waals surface area contributed by atoms with Crippen LogP contribution in [0.15, 0.2) is 30.3 Å². The predicted molar refractivity (Wildman–Crippen MR) is 71.6 cm³/mol. The third kappa shape index (κ3) is 4.36. The summed E-state index contributed by atoms with van der Waals surface area (Å²) >= 11 is 0. The molecule has 1 atom stereocenters. The third-order valence-corrected chi connectivity index (χ3v) is 3.14. The second-order valence-corrected chi connectivity index (χ2v) is 6.01. The average Bonchev–Trinajstić information content (AvgIpc) is 2.16. The monoisotopic (exact) mass is 219 g/mol. The lowest BCUT2D eigenvalue weighted by atomic mass is 9.77. The maximum Gasteiger partial charge on any atom is 0.00117 e. The van der Waals surface area contributed by atoms with Crippen molar-refractivity contribution < 1.29 is 0 Å². The van der Waals surface area contributed by atoms with Crippen molar-refractivity contribution in [3.63, 3.8) is 0 Å². The van der Waals surface area contributed by atoms with Crippen LogP contribution in [0.3, 0.4) is 0 Å². The molecule has 90 valence electrons. The molecular weight excluding hydrogens is 194 g/mol. The van der Waals surface area contributed by atoms with Gasteiger partial charge in [-0.2, -0.15) is 0 Å². The van der Waals surface area contributed by atoms with Crippen LogP contribution in [0.25, 0.3) is 0 Å². The molecule has 1 aromatic rings. The van der Waals surface area contributed by atoms with Crippen LogP contribution in [0.1, 0.15) is 26.3 Å². The molecule has 0 N–H and O–H groups in total. The van der Waals surface area contributed by atoms with Gasteiger partial charge in [0.2, 0.25) is 0 Å². The van der Waals surface area contributed by atoms with Gasteiger partial charge in [0.1, 0.15) is 0 Å². The quantitative estimate of drug-likeness (QED) is 0.749. The molecule has 1 rings (SSSR count). The second-order valence-electron chi connectivity index (χ2n) is 6.01. The molecule has 0 aromatic heterocycles. The summed E-state index contributed by atoms with van der Waals surface area (Å²) in [6.07, 6.45) is 1.17. The fourth-order valence-electron chi connectivity index (χ4n) is 1.98. The van der Waals surface area contributed by atoms with Crippen LogP contribution in [0, 0.1) is 11.3 Å². The van der Waals surface area contributed by atoms with Crippen LogP contribution < -0.4 is 0 Å². The van der Waals surface area contributed by atoms with Gasteiger partial charge in [0, 0.05) is 6.54 Å². The van der Waals surface area contributed by atoms with Gasteiger partial charge in [-0.1, -0.05) is 51.1 Å². The first-order chi connectivity index (χ1) is 7.39. The highest BCUT2D eigenvalue weighted by atomic mass is 15.1. The van der Waals surface area contributed by atoms with Gasteiger partial charge in [0.25, 0.3) is 0 Å². The van der Waals surface area contributed by atoms with Crippen molar-refractivity contribution in [1.29, 1.82) is 0 Å². The molecule has 0 radical (unpaired) electrons. The summed E-state index contributed by atoms with van der Waals surface area (Å²) in [5, 5.41) is 0. The van der Waals surface area contributed by atoms with E-state index in [4.69, 9.17) is 0 Å². The van der Waals surface area contributed by atoms with Crippen molar-refractivity contribution in [2.45, 2.75) is 27.2 Å². The van der Waals surface area contributed by atoms with E-state index in [1.165, 1.54) is 12.0 Å². The van der Waals surface area contributed by atoms with Gasteiger partial charge < -0.3 is 4.90 Å². The molecule has 1 aromatic carbocycles. The van der Waals surface area contributed by atoms with E-state index in [0.29, 0.717) is 11.3 Å². The van der Waals surface area contributed by atoms with E-state index in [9.17, 15) is 0 Å². The summed E-state index contributed by atoms with van der Waals surface area (Å²) in [5.74, 6) is 0.699. The topological polar surface area (TPSA) is 3.24 Å². The molecule has 0 aliphatic carbocycles. The molecule has 16 heavy (non-hydrogen) atoms. The van der Waals surface area contributed by atoms with Crippen molar-refractivity contribution >= 4 is 0 Å². The molecular formula is C15H25N. The average molecular weight is 219 g/mol. The third-order valence-electron chi connectivity index (χ3n) is 3.14. The lowest BCUT2D eigenvalue weighted by Gasteiger charge is -2.33. The zero-order chi connectivity index (χ0) is 12.2. The molecule has 0 aliphatic heterocycles. The van der Waals surface area contributed by atoms with E-state index < -0.39 is 0 Å². The van der Waals surface area contributed by atoms with Crippen LogP contribution >= 0.6 is 0 Å². The van der Waals surface area contributed by atoms with Gasteiger partial charge in [-0.15, -0.1) is 0 Å². The molecule has 1 heteroatoms. The molecule has 0 amide bonds. The molecule has 1 nitrogen and oxygen atoms in total. The number of hydrogen-bond donors (Lipinski definition) is 0. The van der Waals surface area contributed by atoms with Crippen LogP contribution in [0.4, 0.5) is 0 Å². The van der Waals surface area contributed by atoms with Crippen LogP contribution in [0.5, 0.6) is 0 Å². The van der Waals surface area contributed by atoms with E-state index in [-0.39, 0.29) is 0 Å². The SMILES string of the molecule is CN(C)CC(Cc1ccccc1)C(C)(C)C. The fraction of sp³-hybridized carbons (Fsp3) is 0.600. The van der Waals surface area contributed by atoms with E-state index in [2.05, 4.69) is 70.1 Å². The first-order valence-electron chi connectivity index (χ1n) is 6.08. The Morgan fingerprint density at radius 1 is 1.06 bits per heavy atom. The van der Waals surface area contributed by atoms with Crippen molar-refractivity contribution in [2.75, 3.05) is 20.6 Å². The van der Waals surface area contributed by atoms with Crippen molar-refractivity contribution in [3.05, 3.63) is 35.9 Å². The molecule has 0 bridgehead atoms. The molecule has 0 aliphatic rings. The van der Waals surface area contributed by atoms with Gasteiger partial charge in [-0.3, -0.25) is 0 Å². The molecule has 0 saturated heterocycles. The van der Waals surface area contributed by atoms with Gasteiger partial charge in [-0.25, -0.2) is 0 Å². The summed E-state index contributed by atoms with van der Waals surface area (Å²) in [6, 6.07) is 10.8. The summed E-state index contributed by atoms with van der Waals surface area (Å²) in [6.45, 7) is 8.16. The summed E-state index contributed by atoms with van der Waals surface area (Å²) in [7, 11) is 4.31. The zero-order valence-electron chi connectivity index (χ0n) is 11.3. The number of hydrogen-bond acceptors (Lipinski definition) is 1.